The van der Waals surface area contributed by atoms with Gasteiger partial charge in [0.25, 0.3) is 5.91 Å². The predicted molar refractivity (Wildman–Crippen MR) is 121 cm³/mol. The van der Waals surface area contributed by atoms with E-state index in [1.165, 1.54) is 0 Å². The van der Waals surface area contributed by atoms with Crippen molar-refractivity contribution in [2.24, 2.45) is 11.8 Å². The van der Waals surface area contributed by atoms with Gasteiger partial charge in [-0.15, -0.1) is 0 Å². The smallest absolute Gasteiger partial charge is 0.317 e. The van der Waals surface area contributed by atoms with E-state index in [1.54, 1.807) is 29.1 Å². The molecule has 1 aliphatic carbocycles. The Balaban J connectivity index is 1.89. The first-order valence-corrected chi connectivity index (χ1v) is 11.4. The van der Waals surface area contributed by atoms with Crippen LogP contribution in [-0.2, 0) is 0 Å². The number of rotatable bonds is 6. The lowest BCUT2D eigenvalue weighted by molar-refractivity contribution is 0.0352. The number of hydrogen-bond donors (Lipinski definition) is 2. The summed E-state index contributed by atoms with van der Waals surface area (Å²) in [5.41, 5.74) is 1.01. The SMILES string of the molecule is CCCNC(=O)N(C)C[C@H]1Oc2ncc(C#CC3CC3)cc2C(=O)N([C@@H](C)CO)C[C@@H]1C. The number of nitrogens with zero attached hydrogens (tertiary/aromatic N) is 3. The molecule has 2 heterocycles. The summed E-state index contributed by atoms with van der Waals surface area (Å²) in [5.74, 6) is 6.66. The van der Waals surface area contributed by atoms with Crippen LogP contribution in [0.1, 0.15) is 56.0 Å². The Hall–Kier alpha value is -2.79. The van der Waals surface area contributed by atoms with E-state index < -0.39 is 0 Å². The van der Waals surface area contributed by atoms with Crippen LogP contribution < -0.4 is 10.1 Å². The maximum absolute atomic E-state index is 13.4. The summed E-state index contributed by atoms with van der Waals surface area (Å²) < 4.78 is 6.21. The standard InChI is InChI=1S/C24H34N4O4/c1-5-10-25-24(31)27(4)14-21-16(2)13-28(17(3)15-29)23(30)20-11-19(9-8-18-6-7-18)12-26-22(20)32-21/h11-12,16-18,21,29H,5-7,10,13-15H2,1-4H3,(H,25,31)/t16-,17-,21+/m0/s1. The van der Waals surface area contributed by atoms with Gasteiger partial charge in [-0.25, -0.2) is 9.78 Å². The molecular weight excluding hydrogens is 408 g/mol. The van der Waals surface area contributed by atoms with Gasteiger partial charge in [0.2, 0.25) is 5.88 Å². The van der Waals surface area contributed by atoms with Crippen LogP contribution in [0.5, 0.6) is 5.88 Å². The maximum Gasteiger partial charge on any atom is 0.317 e. The fourth-order valence-electron chi connectivity index (χ4n) is 3.52. The number of nitrogens with one attached hydrogen (secondary N) is 1. The van der Waals surface area contributed by atoms with E-state index >= 15 is 0 Å². The first kappa shape index (κ1) is 23.9. The van der Waals surface area contributed by atoms with Crippen LogP contribution in [0.25, 0.3) is 0 Å². The third kappa shape index (κ3) is 5.92. The normalized spacial score (nSPS) is 21.3. The van der Waals surface area contributed by atoms with Gasteiger partial charge in [-0.05, 0) is 32.3 Å². The van der Waals surface area contributed by atoms with Crippen molar-refractivity contribution in [3.8, 4) is 17.7 Å². The molecule has 1 saturated carbocycles. The first-order valence-electron chi connectivity index (χ1n) is 11.4. The molecule has 2 N–H and O–H groups in total. The average Bonchev–Trinajstić information content (AvgIpc) is 3.62. The molecule has 1 aromatic rings. The minimum Gasteiger partial charge on any atom is -0.472 e. The monoisotopic (exact) mass is 442 g/mol. The fraction of sp³-hybridized carbons (Fsp3) is 0.625. The van der Waals surface area contributed by atoms with Gasteiger partial charge < -0.3 is 25.0 Å². The Morgan fingerprint density at radius 1 is 1.47 bits per heavy atom. The minimum atomic E-state index is -0.372. The van der Waals surface area contributed by atoms with Gasteiger partial charge >= 0.3 is 6.03 Å². The van der Waals surface area contributed by atoms with Crippen LogP contribution in [0.2, 0.25) is 0 Å². The number of likely N-dealkylation sites (N-methyl/N-ethyl adjacent to an activating group) is 1. The van der Waals surface area contributed by atoms with E-state index in [9.17, 15) is 14.7 Å². The van der Waals surface area contributed by atoms with Crippen molar-refractivity contribution in [1.29, 1.82) is 0 Å². The zero-order valence-corrected chi connectivity index (χ0v) is 19.4. The van der Waals surface area contributed by atoms with Gasteiger partial charge in [0.05, 0.1) is 19.2 Å². The van der Waals surface area contributed by atoms with Crippen molar-refractivity contribution in [2.45, 2.75) is 52.2 Å². The highest BCUT2D eigenvalue weighted by Gasteiger charge is 2.34. The number of aromatic nitrogens is 1. The Bertz CT molecular complexity index is 890. The van der Waals surface area contributed by atoms with Gasteiger partial charge in [0.15, 0.2) is 0 Å². The van der Waals surface area contributed by atoms with Crippen LogP contribution in [0.3, 0.4) is 0 Å². The lowest BCUT2D eigenvalue weighted by Crippen LogP contribution is -2.51. The number of ether oxygens (including phenoxy) is 1. The fourth-order valence-corrected chi connectivity index (χ4v) is 3.52. The number of fused-ring (bicyclic) bond motifs is 1. The molecule has 1 aromatic heterocycles. The van der Waals surface area contributed by atoms with Gasteiger partial charge in [-0.3, -0.25) is 4.79 Å². The quantitative estimate of drug-likeness (QED) is 0.658. The topological polar surface area (TPSA) is 95.0 Å². The molecule has 3 atom stereocenters. The molecule has 32 heavy (non-hydrogen) atoms. The third-order valence-corrected chi connectivity index (χ3v) is 5.85. The second-order valence-electron chi connectivity index (χ2n) is 8.86. The summed E-state index contributed by atoms with van der Waals surface area (Å²) in [6, 6.07) is 1.20. The highest BCUT2D eigenvalue weighted by molar-refractivity contribution is 5.97. The summed E-state index contributed by atoms with van der Waals surface area (Å²) >= 11 is 0. The number of pyridine rings is 1. The predicted octanol–water partition coefficient (Wildman–Crippen LogP) is 2.11. The second kappa shape index (κ2) is 10.7. The van der Waals surface area contributed by atoms with Crippen LogP contribution in [0.15, 0.2) is 12.3 Å². The Morgan fingerprint density at radius 3 is 2.88 bits per heavy atom. The molecule has 8 heteroatoms. The van der Waals surface area contributed by atoms with E-state index in [-0.39, 0.29) is 42.5 Å². The van der Waals surface area contributed by atoms with E-state index in [2.05, 4.69) is 22.1 Å². The number of carbonyl (C=O) groups excluding carboxylic acids is 2. The van der Waals surface area contributed by atoms with Crippen molar-refractivity contribution >= 4 is 11.9 Å². The van der Waals surface area contributed by atoms with E-state index in [0.29, 0.717) is 36.7 Å². The van der Waals surface area contributed by atoms with Crippen LogP contribution in [0, 0.1) is 23.7 Å². The van der Waals surface area contributed by atoms with Gasteiger partial charge in [-0.2, -0.15) is 0 Å². The van der Waals surface area contributed by atoms with Crippen molar-refractivity contribution in [2.75, 3.05) is 33.3 Å². The van der Waals surface area contributed by atoms with E-state index in [0.717, 1.165) is 19.3 Å². The maximum atomic E-state index is 13.4. The van der Waals surface area contributed by atoms with Crippen molar-refractivity contribution < 1.29 is 19.4 Å². The number of carbonyl (C=O) groups is 2. The van der Waals surface area contributed by atoms with E-state index in [1.807, 2.05) is 20.8 Å². The summed E-state index contributed by atoms with van der Waals surface area (Å²) in [5, 5.41) is 12.6. The Kier molecular flexibility index (Phi) is 7.97. The summed E-state index contributed by atoms with van der Waals surface area (Å²) in [7, 11) is 1.73. The highest BCUT2D eigenvalue weighted by atomic mass is 16.5. The molecule has 0 bridgehead atoms. The number of aliphatic hydroxyl groups excluding tert-OH is 1. The largest absolute Gasteiger partial charge is 0.472 e. The Morgan fingerprint density at radius 2 is 2.22 bits per heavy atom. The highest BCUT2D eigenvalue weighted by Crippen LogP contribution is 2.29. The number of urea groups is 1. The lowest BCUT2D eigenvalue weighted by atomic mass is 10.00. The number of aliphatic hydroxyl groups is 1. The summed E-state index contributed by atoms with van der Waals surface area (Å²) in [4.78, 5) is 33.4. The molecule has 3 amide bonds. The molecule has 174 valence electrons. The van der Waals surface area contributed by atoms with Gasteiger partial charge in [0, 0.05) is 43.7 Å². The van der Waals surface area contributed by atoms with Crippen LogP contribution in [0.4, 0.5) is 4.79 Å². The molecule has 8 nitrogen and oxygen atoms in total. The molecule has 0 saturated heterocycles. The van der Waals surface area contributed by atoms with Crippen molar-refractivity contribution in [1.82, 2.24) is 20.1 Å². The van der Waals surface area contributed by atoms with Gasteiger partial charge in [-0.1, -0.05) is 25.7 Å². The molecular formula is C24H34N4O4. The Labute approximate surface area is 190 Å². The molecule has 0 radical (unpaired) electrons. The molecule has 3 rings (SSSR count). The second-order valence-corrected chi connectivity index (χ2v) is 8.86. The van der Waals surface area contributed by atoms with Crippen molar-refractivity contribution in [3.05, 3.63) is 23.4 Å². The minimum absolute atomic E-state index is 0.0846. The average molecular weight is 443 g/mol. The van der Waals surface area contributed by atoms with Crippen LogP contribution >= 0.6 is 0 Å². The van der Waals surface area contributed by atoms with Crippen LogP contribution in [-0.4, -0.2) is 77.3 Å². The number of amides is 3. The third-order valence-electron chi connectivity index (χ3n) is 5.85. The molecule has 1 fully saturated rings. The zero-order chi connectivity index (χ0) is 23.3. The summed E-state index contributed by atoms with van der Waals surface area (Å²) in [6.07, 6.45) is 4.35. The number of hydrogen-bond acceptors (Lipinski definition) is 5. The zero-order valence-electron chi connectivity index (χ0n) is 19.4. The first-order chi connectivity index (χ1) is 15.3. The van der Waals surface area contributed by atoms with Crippen molar-refractivity contribution in [3.63, 3.8) is 0 Å². The molecule has 0 spiro atoms. The van der Waals surface area contributed by atoms with E-state index in [4.69, 9.17) is 4.74 Å². The molecule has 1 aliphatic heterocycles. The summed E-state index contributed by atoms with van der Waals surface area (Å²) in [6.45, 7) is 7.00. The molecule has 0 aromatic carbocycles. The molecule has 2 aliphatic rings. The molecule has 0 unspecified atom stereocenters. The lowest BCUT2D eigenvalue weighted by Gasteiger charge is -2.37. The van der Waals surface area contributed by atoms with Gasteiger partial charge in [0.1, 0.15) is 11.7 Å².